The van der Waals surface area contributed by atoms with E-state index < -0.39 is 11.4 Å². The van der Waals surface area contributed by atoms with Crippen LogP contribution in [0.25, 0.3) is 6.08 Å². The number of methoxy groups -OCH3 is 1. The molecule has 1 atom stereocenters. The molecule has 0 aliphatic heterocycles. The van der Waals surface area contributed by atoms with Gasteiger partial charge in [0.05, 0.1) is 13.5 Å². The monoisotopic (exact) mass is 438 g/mol. The third-order valence-electron chi connectivity index (χ3n) is 5.24. The summed E-state index contributed by atoms with van der Waals surface area (Å²) in [6.45, 7) is 5.53. The van der Waals surface area contributed by atoms with Gasteiger partial charge in [0.2, 0.25) is 0 Å². The maximum absolute atomic E-state index is 12.8. The van der Waals surface area contributed by atoms with Gasteiger partial charge in [-0.2, -0.15) is 0 Å². The van der Waals surface area contributed by atoms with Gasteiger partial charge in [-0.25, -0.2) is 4.79 Å². The van der Waals surface area contributed by atoms with Crippen molar-refractivity contribution in [1.29, 1.82) is 0 Å². The molecular weight excluding hydrogens is 408 g/mol. The van der Waals surface area contributed by atoms with Gasteiger partial charge in [-0.3, -0.25) is 9.59 Å². The summed E-state index contributed by atoms with van der Waals surface area (Å²) in [4.78, 5) is 36.4. The molecule has 1 unspecified atom stereocenters. The summed E-state index contributed by atoms with van der Waals surface area (Å²) in [5.74, 6) is -1.12. The minimum absolute atomic E-state index is 0.158. The third kappa shape index (κ3) is 6.80. The van der Waals surface area contributed by atoms with E-state index in [2.05, 4.69) is 11.7 Å². The summed E-state index contributed by atoms with van der Waals surface area (Å²) < 4.78 is 9.92. The van der Waals surface area contributed by atoms with E-state index >= 15 is 0 Å². The molecule has 6 nitrogen and oxygen atoms in total. The van der Waals surface area contributed by atoms with Crippen LogP contribution in [0.4, 0.5) is 0 Å². The van der Waals surface area contributed by atoms with Gasteiger partial charge in [0.25, 0.3) is 0 Å². The van der Waals surface area contributed by atoms with E-state index in [1.54, 1.807) is 19.1 Å². The van der Waals surface area contributed by atoms with Crippen molar-refractivity contribution in [3.05, 3.63) is 80.9 Å². The molecule has 170 valence electrons. The number of ketones is 1. The predicted molar refractivity (Wildman–Crippen MR) is 124 cm³/mol. The molecule has 2 aromatic rings. The Balaban J connectivity index is 2.12. The first-order chi connectivity index (χ1) is 15.3. The number of allylic oxidation sites excluding steroid dienone is 2. The van der Waals surface area contributed by atoms with Gasteiger partial charge < -0.3 is 14.3 Å². The molecular formula is C26H30O6. The van der Waals surface area contributed by atoms with Gasteiger partial charge in [0, 0.05) is 12.0 Å². The highest BCUT2D eigenvalue weighted by Crippen LogP contribution is 2.26. The molecule has 0 amide bonds. The van der Waals surface area contributed by atoms with Crippen LogP contribution < -0.4 is 5.63 Å². The molecule has 1 heterocycles. The number of aryl methyl sites for hydroxylation is 1. The number of ether oxygens (including phenoxy) is 1. The van der Waals surface area contributed by atoms with Crippen molar-refractivity contribution in [3.8, 4) is 5.75 Å². The molecule has 0 fully saturated rings. The van der Waals surface area contributed by atoms with Gasteiger partial charge in [0.1, 0.15) is 17.1 Å². The van der Waals surface area contributed by atoms with Crippen molar-refractivity contribution < 1.29 is 23.8 Å². The average molecular weight is 439 g/mol. The number of Topliss-reactive ketones (excluding diaryl/α,β-unsaturated/α-hetero) is 1. The molecule has 32 heavy (non-hydrogen) atoms. The van der Waals surface area contributed by atoms with Gasteiger partial charge in [-0.15, -0.1) is 0 Å². The van der Waals surface area contributed by atoms with E-state index in [0.717, 1.165) is 12.0 Å². The third-order valence-corrected chi connectivity index (χ3v) is 5.24. The highest BCUT2D eigenvalue weighted by molar-refractivity contribution is 6.12. The largest absolute Gasteiger partial charge is 0.507 e. The van der Waals surface area contributed by atoms with E-state index in [-0.39, 0.29) is 29.6 Å². The second-order valence-electron chi connectivity index (χ2n) is 7.68. The molecule has 0 aliphatic rings. The van der Waals surface area contributed by atoms with Crippen LogP contribution in [0.3, 0.4) is 0 Å². The summed E-state index contributed by atoms with van der Waals surface area (Å²) in [6, 6.07) is 9.11. The quantitative estimate of drug-likeness (QED) is 0.237. The maximum Gasteiger partial charge on any atom is 0.351 e. The summed E-state index contributed by atoms with van der Waals surface area (Å²) in [6.07, 6.45) is 7.67. The van der Waals surface area contributed by atoms with Gasteiger partial charge >= 0.3 is 11.6 Å². The zero-order chi connectivity index (χ0) is 23.7. The fraction of sp³-hybridized carbons (Fsp3) is 0.346. The van der Waals surface area contributed by atoms with Crippen LogP contribution in [0, 0.1) is 0 Å². The lowest BCUT2D eigenvalue weighted by molar-refractivity contribution is -0.139. The van der Waals surface area contributed by atoms with E-state index in [4.69, 9.17) is 4.42 Å². The highest BCUT2D eigenvalue weighted by atomic mass is 16.5. The lowest BCUT2D eigenvalue weighted by Gasteiger charge is -2.11. The lowest BCUT2D eigenvalue weighted by atomic mass is 9.99. The number of carbonyl (C=O) groups excluding carboxylic acids is 2. The molecule has 0 radical (unpaired) electrons. The second kappa shape index (κ2) is 11.8. The number of benzene rings is 1. The molecule has 1 aromatic carbocycles. The Bertz CT molecular complexity index is 1060. The number of hydrogen-bond donors (Lipinski definition) is 1. The van der Waals surface area contributed by atoms with Crippen LogP contribution in [-0.4, -0.2) is 24.0 Å². The SMILES string of the molecule is CCc1ccc(C=C(C)C(=O)c2c(O)cc(C(C)CC/C=C/CC(=O)OC)oc2=O)cc1. The standard InChI is InChI=1S/C26H30O6/c1-5-19-11-13-20(14-12-19)15-18(3)25(29)24-21(27)16-22(32-26(24)30)17(2)9-7-6-8-10-23(28)31-4/h6,8,11-17,27H,5,7,9-10H2,1-4H3/b8-6+,18-15?. The highest BCUT2D eigenvalue weighted by Gasteiger charge is 2.22. The van der Waals surface area contributed by atoms with Gasteiger partial charge in [-0.1, -0.05) is 50.3 Å². The van der Waals surface area contributed by atoms with Crippen LogP contribution in [0.5, 0.6) is 5.75 Å². The van der Waals surface area contributed by atoms with E-state index in [1.165, 1.54) is 18.7 Å². The summed E-state index contributed by atoms with van der Waals surface area (Å²) >= 11 is 0. The minimum Gasteiger partial charge on any atom is -0.507 e. The first-order valence-electron chi connectivity index (χ1n) is 10.7. The Morgan fingerprint density at radius 1 is 1.19 bits per heavy atom. The number of esters is 1. The number of aromatic hydroxyl groups is 1. The molecule has 0 bridgehead atoms. The summed E-state index contributed by atoms with van der Waals surface area (Å²) in [5, 5.41) is 10.4. The smallest absolute Gasteiger partial charge is 0.351 e. The van der Waals surface area contributed by atoms with Crippen molar-refractivity contribution in [1.82, 2.24) is 0 Å². The van der Waals surface area contributed by atoms with E-state index in [9.17, 15) is 19.5 Å². The van der Waals surface area contributed by atoms with Crippen LogP contribution in [0.15, 0.2) is 57.3 Å². The van der Waals surface area contributed by atoms with Crippen molar-refractivity contribution in [2.75, 3.05) is 7.11 Å². The zero-order valence-corrected chi connectivity index (χ0v) is 19.0. The minimum atomic E-state index is -0.854. The second-order valence-corrected chi connectivity index (χ2v) is 7.68. The Hall–Kier alpha value is -3.41. The van der Waals surface area contributed by atoms with Crippen LogP contribution in [-0.2, 0) is 16.0 Å². The fourth-order valence-electron chi connectivity index (χ4n) is 3.18. The van der Waals surface area contributed by atoms with Crippen LogP contribution >= 0.6 is 0 Å². The average Bonchev–Trinajstić information content (AvgIpc) is 2.78. The van der Waals surface area contributed by atoms with Crippen LogP contribution in [0.1, 0.15) is 73.2 Å². The first kappa shape index (κ1) is 24.9. The van der Waals surface area contributed by atoms with Crippen LogP contribution in [0.2, 0.25) is 0 Å². The molecule has 0 saturated heterocycles. The normalized spacial score (nSPS) is 12.7. The number of hydrogen-bond acceptors (Lipinski definition) is 6. The molecule has 0 spiro atoms. The molecule has 6 heteroatoms. The van der Waals surface area contributed by atoms with E-state index in [1.807, 2.05) is 37.3 Å². The number of rotatable bonds is 10. The van der Waals surface area contributed by atoms with Crippen molar-refractivity contribution >= 4 is 17.8 Å². The Kier molecular flexibility index (Phi) is 9.20. The Labute approximate surface area is 188 Å². The molecule has 0 aliphatic carbocycles. The number of carbonyl (C=O) groups is 2. The summed E-state index contributed by atoms with van der Waals surface area (Å²) in [7, 11) is 1.34. The van der Waals surface area contributed by atoms with Gasteiger partial charge in [-0.05, 0) is 49.0 Å². The fourth-order valence-corrected chi connectivity index (χ4v) is 3.18. The van der Waals surface area contributed by atoms with Crippen molar-refractivity contribution in [2.45, 2.75) is 52.4 Å². The van der Waals surface area contributed by atoms with E-state index in [0.29, 0.717) is 24.2 Å². The van der Waals surface area contributed by atoms with Gasteiger partial charge in [0.15, 0.2) is 5.78 Å². The molecule has 2 rings (SSSR count). The Morgan fingerprint density at radius 2 is 1.88 bits per heavy atom. The molecule has 1 aromatic heterocycles. The molecule has 0 saturated carbocycles. The van der Waals surface area contributed by atoms with Crippen molar-refractivity contribution in [3.63, 3.8) is 0 Å². The topological polar surface area (TPSA) is 93.8 Å². The lowest BCUT2D eigenvalue weighted by Crippen LogP contribution is -2.16. The maximum atomic E-state index is 12.8. The summed E-state index contributed by atoms with van der Waals surface area (Å²) in [5.41, 5.74) is 1.13. The predicted octanol–water partition coefficient (Wildman–Crippen LogP) is 5.20. The zero-order valence-electron chi connectivity index (χ0n) is 19.0. The Morgan fingerprint density at radius 3 is 2.47 bits per heavy atom. The molecule has 1 N–H and O–H groups in total. The first-order valence-corrected chi connectivity index (χ1v) is 10.7. The van der Waals surface area contributed by atoms with Crippen molar-refractivity contribution in [2.24, 2.45) is 0 Å².